The maximum absolute atomic E-state index is 13.3. The van der Waals surface area contributed by atoms with Crippen molar-refractivity contribution in [3.8, 4) is 0 Å². The van der Waals surface area contributed by atoms with E-state index in [4.69, 9.17) is 0 Å². The molecule has 0 aliphatic heterocycles. The molecule has 0 aliphatic rings. The Hall–Kier alpha value is -4.53. The minimum absolute atomic E-state index is 0.140. The van der Waals surface area contributed by atoms with E-state index in [9.17, 15) is 13.6 Å². The lowest BCUT2D eigenvalue weighted by Gasteiger charge is -2.11. The molecule has 0 unspecified atom stereocenters. The molecule has 1 heterocycles. The van der Waals surface area contributed by atoms with E-state index in [2.05, 4.69) is 31.2 Å². The summed E-state index contributed by atoms with van der Waals surface area (Å²) >= 11 is 0. The van der Waals surface area contributed by atoms with Crippen LogP contribution in [-0.2, 0) is 0 Å². The molecule has 4 N–H and O–H groups in total. The summed E-state index contributed by atoms with van der Waals surface area (Å²) < 4.78 is 26.3. The quantitative estimate of drug-likeness (QED) is 0.264. The van der Waals surface area contributed by atoms with E-state index in [1.807, 2.05) is 44.2 Å². The Bertz CT molecular complexity index is 1310. The van der Waals surface area contributed by atoms with Crippen molar-refractivity contribution in [2.45, 2.75) is 13.8 Å². The van der Waals surface area contributed by atoms with Crippen LogP contribution >= 0.6 is 0 Å². The van der Waals surface area contributed by atoms with Gasteiger partial charge in [-0.3, -0.25) is 0 Å². The molecule has 0 saturated carbocycles. The number of rotatable bonds is 6. The van der Waals surface area contributed by atoms with Gasteiger partial charge in [0.05, 0.1) is 0 Å². The Morgan fingerprint density at radius 1 is 0.676 bits per heavy atom. The minimum atomic E-state index is -1.04. The number of halogens is 2. The van der Waals surface area contributed by atoms with Crippen molar-refractivity contribution in [2.75, 3.05) is 21.3 Å². The number of urea groups is 1. The van der Waals surface area contributed by atoms with Gasteiger partial charge in [0.15, 0.2) is 11.6 Å². The first-order valence-corrected chi connectivity index (χ1v) is 10.4. The molecule has 0 atom stereocenters. The number of anilines is 6. The van der Waals surface area contributed by atoms with Crippen molar-refractivity contribution >= 4 is 40.5 Å². The predicted octanol–water partition coefficient (Wildman–Crippen LogP) is 6.50. The zero-order valence-corrected chi connectivity index (χ0v) is 18.5. The monoisotopic (exact) mass is 460 g/mol. The highest BCUT2D eigenvalue weighted by molar-refractivity contribution is 5.99. The number of nitrogens with one attached hydrogen (secondary N) is 4. The van der Waals surface area contributed by atoms with Crippen LogP contribution in [0.5, 0.6) is 0 Å². The van der Waals surface area contributed by atoms with Crippen LogP contribution in [0, 0.1) is 25.5 Å². The number of hydrogen-bond acceptors (Lipinski definition) is 5. The van der Waals surface area contributed by atoms with Gasteiger partial charge in [-0.2, -0.15) is 4.98 Å². The van der Waals surface area contributed by atoms with E-state index in [1.54, 1.807) is 24.3 Å². The van der Waals surface area contributed by atoms with E-state index >= 15 is 0 Å². The molecule has 0 bridgehead atoms. The number of amides is 2. The average Bonchev–Trinajstić information content (AvgIpc) is 2.79. The molecule has 7 nitrogen and oxygen atoms in total. The molecule has 3 aromatic carbocycles. The fraction of sp³-hybridized carbons (Fsp3) is 0.0800. The first-order chi connectivity index (χ1) is 16.3. The molecule has 0 saturated heterocycles. The third-order valence-electron chi connectivity index (χ3n) is 4.75. The number of aryl methyl sites for hydroxylation is 2. The van der Waals surface area contributed by atoms with Gasteiger partial charge in [0.25, 0.3) is 0 Å². The molecule has 0 fully saturated rings. The van der Waals surface area contributed by atoms with Gasteiger partial charge in [-0.25, -0.2) is 18.6 Å². The van der Waals surface area contributed by atoms with Gasteiger partial charge < -0.3 is 21.3 Å². The molecule has 0 aliphatic carbocycles. The SMILES string of the molecule is Cc1ccc(Nc2cc(C)nc(Nc3ccc(NC(=O)Nc4ccc(F)c(F)c4)cc3)n2)cc1. The van der Waals surface area contributed by atoms with Crippen LogP contribution in [0.4, 0.5) is 48.1 Å². The van der Waals surface area contributed by atoms with E-state index in [0.29, 0.717) is 17.5 Å². The second-order valence-corrected chi connectivity index (χ2v) is 7.62. The summed E-state index contributed by atoms with van der Waals surface area (Å²) in [5.41, 5.74) is 4.26. The van der Waals surface area contributed by atoms with Crippen molar-refractivity contribution in [3.63, 3.8) is 0 Å². The predicted molar refractivity (Wildman–Crippen MR) is 130 cm³/mol. The fourth-order valence-electron chi connectivity index (χ4n) is 3.11. The summed E-state index contributed by atoms with van der Waals surface area (Å²) in [6, 6.07) is 19.3. The summed E-state index contributed by atoms with van der Waals surface area (Å²) in [5.74, 6) is -0.939. The lowest BCUT2D eigenvalue weighted by Crippen LogP contribution is -2.19. The minimum Gasteiger partial charge on any atom is -0.340 e. The Balaban J connectivity index is 1.38. The normalized spacial score (nSPS) is 10.5. The Labute approximate surface area is 195 Å². The van der Waals surface area contributed by atoms with Gasteiger partial charge in [0, 0.05) is 40.6 Å². The van der Waals surface area contributed by atoms with E-state index < -0.39 is 17.7 Å². The maximum Gasteiger partial charge on any atom is 0.323 e. The Morgan fingerprint density at radius 2 is 1.26 bits per heavy atom. The van der Waals surface area contributed by atoms with Crippen LogP contribution < -0.4 is 21.3 Å². The fourth-order valence-corrected chi connectivity index (χ4v) is 3.11. The topological polar surface area (TPSA) is 91.0 Å². The second kappa shape index (κ2) is 9.95. The molecule has 172 valence electrons. The Kier molecular flexibility index (Phi) is 6.63. The van der Waals surface area contributed by atoms with Crippen LogP contribution in [0.2, 0.25) is 0 Å². The third kappa shape index (κ3) is 6.04. The van der Waals surface area contributed by atoms with Gasteiger partial charge >= 0.3 is 6.03 Å². The lowest BCUT2D eigenvalue weighted by atomic mass is 10.2. The van der Waals surface area contributed by atoms with Gasteiger partial charge in [-0.15, -0.1) is 0 Å². The summed E-state index contributed by atoms with van der Waals surface area (Å²) in [6.45, 7) is 3.91. The molecule has 1 aromatic heterocycles. The Morgan fingerprint density at radius 3 is 1.97 bits per heavy atom. The number of aromatic nitrogens is 2. The molecule has 34 heavy (non-hydrogen) atoms. The molecular weight excluding hydrogens is 438 g/mol. The second-order valence-electron chi connectivity index (χ2n) is 7.62. The van der Waals surface area contributed by atoms with Crippen LogP contribution in [-0.4, -0.2) is 16.0 Å². The molecule has 2 amide bonds. The van der Waals surface area contributed by atoms with Gasteiger partial charge in [0.2, 0.25) is 5.95 Å². The largest absolute Gasteiger partial charge is 0.340 e. The molecule has 0 spiro atoms. The van der Waals surface area contributed by atoms with Crippen molar-refractivity contribution in [3.05, 3.63) is 95.7 Å². The zero-order chi connectivity index (χ0) is 24.1. The maximum atomic E-state index is 13.3. The van der Waals surface area contributed by atoms with Crippen LogP contribution in [0.1, 0.15) is 11.3 Å². The van der Waals surface area contributed by atoms with Crippen LogP contribution in [0.15, 0.2) is 72.8 Å². The van der Waals surface area contributed by atoms with Crippen LogP contribution in [0.25, 0.3) is 0 Å². The first-order valence-electron chi connectivity index (χ1n) is 10.4. The smallest absolute Gasteiger partial charge is 0.323 e. The van der Waals surface area contributed by atoms with Gasteiger partial charge in [-0.05, 0) is 62.4 Å². The number of nitrogens with zero attached hydrogens (tertiary/aromatic N) is 2. The number of carbonyl (C=O) groups is 1. The van der Waals surface area contributed by atoms with Crippen molar-refractivity contribution in [1.29, 1.82) is 0 Å². The summed E-state index contributed by atoms with van der Waals surface area (Å²) in [5, 5.41) is 11.5. The first kappa shape index (κ1) is 22.7. The summed E-state index contributed by atoms with van der Waals surface area (Å²) in [4.78, 5) is 21.0. The summed E-state index contributed by atoms with van der Waals surface area (Å²) in [7, 11) is 0. The number of hydrogen-bond donors (Lipinski definition) is 4. The molecule has 9 heteroatoms. The van der Waals surface area contributed by atoms with Gasteiger partial charge in [-0.1, -0.05) is 17.7 Å². The molecule has 4 rings (SSSR count). The molecular formula is C25H22F2N6O. The molecule has 0 radical (unpaired) electrons. The van der Waals surface area contributed by atoms with E-state index in [-0.39, 0.29) is 5.69 Å². The van der Waals surface area contributed by atoms with Crippen molar-refractivity contribution in [1.82, 2.24) is 9.97 Å². The van der Waals surface area contributed by atoms with E-state index in [1.165, 1.54) is 11.6 Å². The van der Waals surface area contributed by atoms with Crippen LogP contribution in [0.3, 0.4) is 0 Å². The highest BCUT2D eigenvalue weighted by Gasteiger charge is 2.08. The summed E-state index contributed by atoms with van der Waals surface area (Å²) in [6.07, 6.45) is 0. The highest BCUT2D eigenvalue weighted by Crippen LogP contribution is 2.21. The van der Waals surface area contributed by atoms with Gasteiger partial charge in [0.1, 0.15) is 5.82 Å². The standard InChI is InChI=1S/C25H22F2N6O/c1-15-3-5-17(6-4-15)29-23-13-16(2)28-24(33-23)30-18-7-9-19(10-8-18)31-25(34)32-20-11-12-21(26)22(27)14-20/h3-14H,1-2H3,(H2,31,32,34)(H2,28,29,30,33). The highest BCUT2D eigenvalue weighted by atomic mass is 19.2. The van der Waals surface area contributed by atoms with Crippen molar-refractivity contribution < 1.29 is 13.6 Å². The van der Waals surface area contributed by atoms with Crippen molar-refractivity contribution in [2.24, 2.45) is 0 Å². The van der Waals surface area contributed by atoms with E-state index in [0.717, 1.165) is 29.2 Å². The number of benzene rings is 3. The zero-order valence-electron chi connectivity index (χ0n) is 18.5. The third-order valence-corrected chi connectivity index (χ3v) is 4.75. The molecule has 4 aromatic rings. The number of carbonyl (C=O) groups excluding carboxylic acids is 1. The lowest BCUT2D eigenvalue weighted by molar-refractivity contribution is 0.262. The average molecular weight is 460 g/mol.